The number of aromatic nitrogens is 4. The second-order valence-corrected chi connectivity index (χ2v) is 10.1. The molecule has 0 saturated carbocycles. The number of benzene rings is 2. The van der Waals surface area contributed by atoms with Crippen LogP contribution in [0, 0.1) is 5.82 Å². The molecule has 2 amide bonds. The number of amides is 2. The number of aryl methyl sites for hydroxylation is 1. The van der Waals surface area contributed by atoms with Crippen LogP contribution < -0.4 is 5.32 Å². The van der Waals surface area contributed by atoms with Gasteiger partial charge in [-0.3, -0.25) is 14.9 Å². The average molecular weight is 541 g/mol. The van der Waals surface area contributed by atoms with Gasteiger partial charge >= 0.3 is 0 Å². The average Bonchev–Trinajstić information content (AvgIpc) is 3.69. The van der Waals surface area contributed by atoms with E-state index in [0.717, 1.165) is 47.0 Å². The van der Waals surface area contributed by atoms with E-state index < -0.39 is 12.0 Å². The van der Waals surface area contributed by atoms with Crippen LogP contribution in [0.2, 0.25) is 0 Å². The molecular weight excluding hydrogens is 511 g/mol. The molecule has 0 aliphatic carbocycles. The number of aliphatic hydroxyl groups is 1. The number of rotatable bonds is 6. The molecule has 1 aliphatic heterocycles. The van der Waals surface area contributed by atoms with Gasteiger partial charge in [0.2, 0.25) is 5.95 Å². The summed E-state index contributed by atoms with van der Waals surface area (Å²) in [5, 5.41) is 17.0. The lowest BCUT2D eigenvalue weighted by Crippen LogP contribution is -2.30. The number of carbonyl (C=O) groups is 2. The number of pyridine rings is 1. The molecule has 10 heteroatoms. The molecule has 1 saturated heterocycles. The number of nitrogens with zero attached hydrogens (tertiary/aromatic N) is 5. The van der Waals surface area contributed by atoms with Gasteiger partial charge in [-0.2, -0.15) is 4.98 Å². The van der Waals surface area contributed by atoms with Gasteiger partial charge in [0.25, 0.3) is 11.8 Å². The van der Waals surface area contributed by atoms with E-state index in [1.807, 2.05) is 48.4 Å². The van der Waals surface area contributed by atoms with Crippen molar-refractivity contribution < 1.29 is 19.1 Å². The van der Waals surface area contributed by atoms with E-state index in [0.29, 0.717) is 17.8 Å². The van der Waals surface area contributed by atoms with Crippen molar-refractivity contribution in [3.8, 4) is 11.1 Å². The molecule has 0 unspecified atom stereocenters. The van der Waals surface area contributed by atoms with Gasteiger partial charge in [-0.05, 0) is 79.8 Å². The maximum absolute atomic E-state index is 14.0. The fourth-order valence-corrected chi connectivity index (χ4v) is 5.43. The molecule has 6 rings (SSSR count). The Labute approximate surface area is 229 Å². The lowest BCUT2D eigenvalue weighted by molar-refractivity contribution is -0.123. The summed E-state index contributed by atoms with van der Waals surface area (Å²) in [5.41, 5.74) is 4.87. The number of aliphatic hydroxyl groups excluding tert-OH is 1. The van der Waals surface area contributed by atoms with Crippen molar-refractivity contribution in [3.63, 3.8) is 0 Å². The Morgan fingerprint density at radius 3 is 2.65 bits per heavy atom. The van der Waals surface area contributed by atoms with Crippen molar-refractivity contribution in [3.05, 3.63) is 83.9 Å². The van der Waals surface area contributed by atoms with E-state index in [-0.39, 0.29) is 23.7 Å². The zero-order valence-corrected chi connectivity index (χ0v) is 22.2. The zero-order valence-electron chi connectivity index (χ0n) is 22.2. The standard InChI is InChI=1S/C30H29FN6O3/c1-3-35-17-24(29(40)36-13-4-5-25(36)19-6-9-22(31)10-7-19)23-15-20(8-11-26(23)35)21-12-14-37-27(16-21)32-30(34-37)33-28(39)18(2)38/h6-12,14-18,25,38H,3-5,13H2,1-2H3,(H,33,34,39)/t18-,25+/m1/s1. The number of hydrogen-bond acceptors (Lipinski definition) is 5. The molecule has 0 radical (unpaired) electrons. The molecule has 9 nitrogen and oxygen atoms in total. The molecular formula is C30H29FN6O3. The molecule has 1 aliphatic rings. The molecule has 2 aromatic carbocycles. The number of anilines is 1. The Balaban J connectivity index is 1.36. The van der Waals surface area contributed by atoms with Crippen LogP contribution in [-0.2, 0) is 11.3 Å². The summed E-state index contributed by atoms with van der Waals surface area (Å²) in [6.45, 7) is 4.79. The largest absolute Gasteiger partial charge is 0.384 e. The second-order valence-electron chi connectivity index (χ2n) is 10.1. The molecule has 0 bridgehead atoms. The molecule has 40 heavy (non-hydrogen) atoms. The third kappa shape index (κ3) is 4.60. The monoisotopic (exact) mass is 540 g/mol. The van der Waals surface area contributed by atoms with Crippen molar-refractivity contribution in [2.24, 2.45) is 0 Å². The smallest absolute Gasteiger partial charge is 0.256 e. The number of fused-ring (bicyclic) bond motifs is 2. The summed E-state index contributed by atoms with van der Waals surface area (Å²) in [5.74, 6) is -0.803. The molecule has 4 heterocycles. The van der Waals surface area contributed by atoms with Crippen molar-refractivity contribution in [1.82, 2.24) is 24.1 Å². The summed E-state index contributed by atoms with van der Waals surface area (Å²) < 4.78 is 17.2. The molecule has 204 valence electrons. The first-order valence-corrected chi connectivity index (χ1v) is 13.4. The van der Waals surface area contributed by atoms with E-state index >= 15 is 0 Å². The first kappa shape index (κ1) is 25.7. The van der Waals surface area contributed by atoms with E-state index in [1.54, 1.807) is 22.8 Å². The first-order valence-electron chi connectivity index (χ1n) is 13.4. The number of carbonyl (C=O) groups excluding carboxylic acids is 2. The zero-order chi connectivity index (χ0) is 28.0. The Morgan fingerprint density at radius 1 is 1.12 bits per heavy atom. The Hall–Kier alpha value is -4.57. The van der Waals surface area contributed by atoms with Gasteiger partial charge in [0.1, 0.15) is 11.9 Å². The highest BCUT2D eigenvalue weighted by Gasteiger charge is 2.32. The van der Waals surface area contributed by atoms with Gasteiger partial charge in [0.15, 0.2) is 5.65 Å². The molecule has 0 spiro atoms. The number of hydrogen-bond donors (Lipinski definition) is 2. The van der Waals surface area contributed by atoms with Gasteiger partial charge < -0.3 is 14.6 Å². The van der Waals surface area contributed by atoms with Crippen molar-refractivity contribution in [2.45, 2.75) is 45.4 Å². The molecule has 3 aromatic heterocycles. The minimum absolute atomic E-state index is 0.0346. The normalized spacial score (nSPS) is 16.1. The SMILES string of the molecule is CCn1cc(C(=O)N2CCC[C@H]2c2ccc(F)cc2)c2cc(-c3ccn4nc(NC(=O)[C@@H](C)O)nc4c3)ccc21. The Morgan fingerprint density at radius 2 is 1.90 bits per heavy atom. The van der Waals surface area contributed by atoms with E-state index in [1.165, 1.54) is 19.1 Å². The Kier molecular flexibility index (Phi) is 6.55. The summed E-state index contributed by atoms with van der Waals surface area (Å²) >= 11 is 0. The molecule has 2 atom stereocenters. The minimum atomic E-state index is -1.17. The van der Waals surface area contributed by atoms with E-state index in [2.05, 4.69) is 20.0 Å². The topological polar surface area (TPSA) is 105 Å². The Bertz CT molecular complexity index is 1740. The highest BCUT2D eigenvalue weighted by Crippen LogP contribution is 2.36. The highest BCUT2D eigenvalue weighted by atomic mass is 19.1. The van der Waals surface area contributed by atoms with Crippen LogP contribution in [0.3, 0.4) is 0 Å². The third-order valence-corrected chi connectivity index (χ3v) is 7.51. The highest BCUT2D eigenvalue weighted by molar-refractivity contribution is 6.08. The van der Waals surface area contributed by atoms with Gasteiger partial charge in [-0.15, -0.1) is 5.10 Å². The number of halogens is 1. The van der Waals surface area contributed by atoms with Gasteiger partial charge in [-0.1, -0.05) is 18.2 Å². The fraction of sp³-hybridized carbons (Fsp3) is 0.267. The van der Waals surface area contributed by atoms with Crippen LogP contribution in [0.15, 0.2) is 67.0 Å². The molecule has 1 fully saturated rings. The molecule has 5 aromatic rings. The first-order chi connectivity index (χ1) is 19.3. The lowest BCUT2D eigenvalue weighted by Gasteiger charge is -2.25. The summed E-state index contributed by atoms with van der Waals surface area (Å²) in [7, 11) is 0. The predicted molar refractivity (Wildman–Crippen MR) is 149 cm³/mol. The van der Waals surface area contributed by atoms with Crippen molar-refractivity contribution >= 4 is 34.3 Å². The van der Waals surface area contributed by atoms with Crippen LogP contribution in [0.5, 0.6) is 0 Å². The summed E-state index contributed by atoms with van der Waals surface area (Å²) in [6, 6.07) is 16.1. The van der Waals surface area contributed by atoms with E-state index in [4.69, 9.17) is 0 Å². The minimum Gasteiger partial charge on any atom is -0.384 e. The van der Waals surface area contributed by atoms with Gasteiger partial charge in [-0.25, -0.2) is 8.91 Å². The number of likely N-dealkylation sites (tertiary alicyclic amines) is 1. The predicted octanol–water partition coefficient (Wildman–Crippen LogP) is 4.81. The quantitative estimate of drug-likeness (QED) is 0.322. The molecule has 2 N–H and O–H groups in total. The van der Waals surface area contributed by atoms with Crippen LogP contribution >= 0.6 is 0 Å². The van der Waals surface area contributed by atoms with Gasteiger partial charge in [0, 0.05) is 36.4 Å². The van der Waals surface area contributed by atoms with E-state index in [9.17, 15) is 19.1 Å². The maximum atomic E-state index is 14.0. The summed E-state index contributed by atoms with van der Waals surface area (Å²) in [4.78, 5) is 32.1. The van der Waals surface area contributed by atoms with Gasteiger partial charge in [0.05, 0.1) is 11.6 Å². The second kappa shape index (κ2) is 10.2. The van der Waals surface area contributed by atoms with Crippen LogP contribution in [0.4, 0.5) is 10.3 Å². The van der Waals surface area contributed by atoms with Crippen LogP contribution in [0.25, 0.3) is 27.7 Å². The lowest BCUT2D eigenvalue weighted by atomic mass is 10.0. The summed E-state index contributed by atoms with van der Waals surface area (Å²) in [6.07, 6.45) is 4.24. The number of nitrogens with one attached hydrogen (secondary N) is 1. The fourth-order valence-electron chi connectivity index (χ4n) is 5.43. The van der Waals surface area contributed by atoms with Crippen molar-refractivity contribution in [1.29, 1.82) is 0 Å². The third-order valence-electron chi connectivity index (χ3n) is 7.51. The van der Waals surface area contributed by atoms with Crippen LogP contribution in [-0.4, -0.2) is 53.6 Å². The maximum Gasteiger partial charge on any atom is 0.256 e. The van der Waals surface area contributed by atoms with Crippen LogP contribution in [0.1, 0.15) is 48.7 Å². The van der Waals surface area contributed by atoms with Crippen molar-refractivity contribution in [2.75, 3.05) is 11.9 Å².